The van der Waals surface area contributed by atoms with Gasteiger partial charge in [0.25, 0.3) is 0 Å². The van der Waals surface area contributed by atoms with Gasteiger partial charge in [0.1, 0.15) is 5.54 Å². The van der Waals surface area contributed by atoms with E-state index in [4.69, 9.17) is 15.6 Å². The Bertz CT molecular complexity index is 209. The summed E-state index contributed by atoms with van der Waals surface area (Å²) in [5.41, 5.74) is 4.72. The predicted octanol–water partition coefficient (Wildman–Crippen LogP) is 0.532. The third kappa shape index (κ3) is 1.80. The normalized spacial score (nSPS) is 42.5. The molecule has 5 heteroatoms. The summed E-state index contributed by atoms with van der Waals surface area (Å²) in [7, 11) is 0. The first-order valence-electron chi connectivity index (χ1n) is 4.28. The van der Waals surface area contributed by atoms with Crippen LogP contribution >= 0.6 is 12.4 Å². The Morgan fingerprint density at radius 1 is 1.38 bits per heavy atom. The van der Waals surface area contributed by atoms with Crippen LogP contribution in [0.1, 0.15) is 25.7 Å². The summed E-state index contributed by atoms with van der Waals surface area (Å²) in [6.45, 7) is 0. The number of hydrogen-bond donors (Lipinski definition) is 2. The van der Waals surface area contributed by atoms with Gasteiger partial charge in [-0.2, -0.15) is 0 Å². The van der Waals surface area contributed by atoms with Crippen molar-refractivity contribution in [3.05, 3.63) is 0 Å². The summed E-state index contributed by atoms with van der Waals surface area (Å²) in [4.78, 5) is 10.8. The molecule has 13 heavy (non-hydrogen) atoms. The Labute approximate surface area is 82.8 Å². The van der Waals surface area contributed by atoms with Gasteiger partial charge in [-0.3, -0.25) is 4.79 Å². The van der Waals surface area contributed by atoms with Gasteiger partial charge < -0.3 is 15.6 Å². The van der Waals surface area contributed by atoms with Crippen molar-refractivity contribution in [3.63, 3.8) is 0 Å². The van der Waals surface area contributed by atoms with Gasteiger partial charge in [0.2, 0.25) is 0 Å². The van der Waals surface area contributed by atoms with Crippen LogP contribution in [0.2, 0.25) is 0 Å². The number of ether oxygens (including phenoxy) is 1. The minimum absolute atomic E-state index is 0. The van der Waals surface area contributed by atoms with Crippen LogP contribution in [-0.4, -0.2) is 28.8 Å². The van der Waals surface area contributed by atoms with Crippen molar-refractivity contribution in [2.75, 3.05) is 0 Å². The van der Waals surface area contributed by atoms with Gasteiger partial charge in [-0.05, 0) is 12.8 Å². The number of nitrogens with two attached hydrogens (primary N) is 1. The van der Waals surface area contributed by atoms with Crippen LogP contribution in [0.4, 0.5) is 0 Å². The van der Waals surface area contributed by atoms with Crippen LogP contribution in [0.5, 0.6) is 0 Å². The van der Waals surface area contributed by atoms with E-state index in [9.17, 15) is 4.79 Å². The summed E-state index contributed by atoms with van der Waals surface area (Å²) < 4.78 is 5.50. The molecular formula is C8H14ClNO3. The number of carboxylic acids is 1. The molecule has 0 amide bonds. The number of fused-ring (bicyclic) bond motifs is 2. The van der Waals surface area contributed by atoms with Gasteiger partial charge >= 0.3 is 5.97 Å². The van der Waals surface area contributed by atoms with E-state index in [1.807, 2.05) is 0 Å². The van der Waals surface area contributed by atoms with Crippen molar-refractivity contribution in [1.82, 2.24) is 0 Å². The van der Waals surface area contributed by atoms with E-state index >= 15 is 0 Å². The van der Waals surface area contributed by atoms with Crippen LogP contribution < -0.4 is 5.73 Å². The molecule has 0 spiro atoms. The molecule has 76 valence electrons. The van der Waals surface area contributed by atoms with E-state index in [1.165, 1.54) is 0 Å². The maximum absolute atomic E-state index is 10.8. The number of hydrogen-bond acceptors (Lipinski definition) is 3. The van der Waals surface area contributed by atoms with Gasteiger partial charge in [-0.1, -0.05) is 0 Å². The fraction of sp³-hybridized carbons (Fsp3) is 0.875. The lowest BCUT2D eigenvalue weighted by Gasteiger charge is -2.33. The highest BCUT2D eigenvalue weighted by Gasteiger charge is 2.47. The molecule has 2 fully saturated rings. The second-order valence-corrected chi connectivity index (χ2v) is 3.83. The average molecular weight is 208 g/mol. The van der Waals surface area contributed by atoms with Crippen LogP contribution in [0.25, 0.3) is 0 Å². The fourth-order valence-electron chi connectivity index (χ4n) is 2.15. The molecule has 0 aromatic rings. The predicted molar refractivity (Wildman–Crippen MR) is 48.9 cm³/mol. The molecule has 0 radical (unpaired) electrons. The van der Waals surface area contributed by atoms with Crippen molar-refractivity contribution < 1.29 is 14.6 Å². The second kappa shape index (κ2) is 3.44. The topological polar surface area (TPSA) is 72.6 Å². The van der Waals surface area contributed by atoms with E-state index in [1.54, 1.807) is 0 Å². The van der Waals surface area contributed by atoms with Gasteiger partial charge in [-0.15, -0.1) is 12.4 Å². The third-order valence-corrected chi connectivity index (χ3v) is 2.81. The number of carboxylic acid groups (broad SMARTS) is 1. The zero-order chi connectivity index (χ0) is 8.77. The first-order chi connectivity index (χ1) is 5.60. The Morgan fingerprint density at radius 3 is 2.23 bits per heavy atom. The molecule has 2 aliphatic heterocycles. The standard InChI is InChI=1S/C8H13NO3.ClH/c9-8(7(10)11)3-5-1-2-6(4-8)12-5;/h5-6H,1-4,9H2,(H,10,11);1H. The SMILES string of the molecule is Cl.NC1(C(=O)O)CC2CCC(C1)O2. The zero-order valence-electron chi connectivity index (χ0n) is 7.23. The van der Waals surface area contributed by atoms with Crippen LogP contribution in [0.3, 0.4) is 0 Å². The molecule has 0 saturated carbocycles. The molecule has 2 heterocycles. The van der Waals surface area contributed by atoms with E-state index in [0.717, 1.165) is 12.8 Å². The summed E-state index contributed by atoms with van der Waals surface area (Å²) >= 11 is 0. The lowest BCUT2D eigenvalue weighted by molar-refractivity contribution is -0.150. The molecule has 2 saturated heterocycles. The summed E-state index contributed by atoms with van der Waals surface area (Å²) in [6.07, 6.45) is 3.06. The monoisotopic (exact) mass is 207 g/mol. The molecule has 0 aromatic carbocycles. The smallest absolute Gasteiger partial charge is 0.323 e. The van der Waals surface area contributed by atoms with Crippen LogP contribution in [0.15, 0.2) is 0 Å². The molecule has 2 aliphatic rings. The van der Waals surface area contributed by atoms with Gasteiger partial charge in [0, 0.05) is 12.8 Å². The van der Waals surface area contributed by atoms with Gasteiger partial charge in [0.15, 0.2) is 0 Å². The van der Waals surface area contributed by atoms with Crippen LogP contribution in [0, 0.1) is 0 Å². The Hall–Kier alpha value is -0.320. The number of halogens is 1. The molecule has 2 rings (SSSR count). The Morgan fingerprint density at radius 2 is 1.85 bits per heavy atom. The second-order valence-electron chi connectivity index (χ2n) is 3.83. The van der Waals surface area contributed by atoms with E-state index in [0.29, 0.717) is 12.8 Å². The van der Waals surface area contributed by atoms with Crippen molar-refractivity contribution >= 4 is 18.4 Å². The Balaban J connectivity index is 0.000000845. The summed E-state index contributed by atoms with van der Waals surface area (Å²) in [5.74, 6) is -0.886. The molecule has 0 aromatic heterocycles. The first-order valence-corrected chi connectivity index (χ1v) is 4.28. The number of carbonyl (C=O) groups is 1. The lowest BCUT2D eigenvalue weighted by Crippen LogP contribution is -2.54. The van der Waals surface area contributed by atoms with E-state index in [-0.39, 0.29) is 24.6 Å². The minimum atomic E-state index is -1.02. The third-order valence-electron chi connectivity index (χ3n) is 2.81. The molecule has 2 atom stereocenters. The molecule has 2 bridgehead atoms. The van der Waals surface area contributed by atoms with Crippen molar-refractivity contribution in [1.29, 1.82) is 0 Å². The average Bonchev–Trinajstić information content (AvgIpc) is 2.30. The zero-order valence-corrected chi connectivity index (χ0v) is 8.05. The number of rotatable bonds is 1. The van der Waals surface area contributed by atoms with Crippen LogP contribution in [-0.2, 0) is 9.53 Å². The highest BCUT2D eigenvalue weighted by molar-refractivity contribution is 5.85. The first kappa shape index (κ1) is 10.8. The van der Waals surface area contributed by atoms with E-state index < -0.39 is 11.5 Å². The summed E-state index contributed by atoms with van der Waals surface area (Å²) in [5, 5.41) is 8.88. The molecule has 2 unspecified atom stereocenters. The Kier molecular flexibility index (Phi) is 2.85. The van der Waals surface area contributed by atoms with E-state index in [2.05, 4.69) is 0 Å². The van der Waals surface area contributed by atoms with Crippen molar-refractivity contribution in [3.8, 4) is 0 Å². The summed E-state index contributed by atoms with van der Waals surface area (Å²) in [6, 6.07) is 0. The number of aliphatic carboxylic acids is 1. The highest BCUT2D eigenvalue weighted by Crippen LogP contribution is 2.36. The largest absolute Gasteiger partial charge is 0.480 e. The maximum atomic E-state index is 10.8. The minimum Gasteiger partial charge on any atom is -0.480 e. The highest BCUT2D eigenvalue weighted by atomic mass is 35.5. The fourth-order valence-corrected chi connectivity index (χ4v) is 2.15. The molecule has 0 aliphatic carbocycles. The quantitative estimate of drug-likeness (QED) is 0.658. The molecule has 3 N–H and O–H groups in total. The van der Waals surface area contributed by atoms with Gasteiger partial charge in [0.05, 0.1) is 12.2 Å². The molecular weight excluding hydrogens is 194 g/mol. The van der Waals surface area contributed by atoms with Crippen molar-refractivity contribution in [2.45, 2.75) is 43.4 Å². The maximum Gasteiger partial charge on any atom is 0.323 e. The lowest BCUT2D eigenvalue weighted by atomic mass is 9.88. The van der Waals surface area contributed by atoms with Gasteiger partial charge in [-0.25, -0.2) is 0 Å². The molecule has 4 nitrogen and oxygen atoms in total. The van der Waals surface area contributed by atoms with Crippen molar-refractivity contribution in [2.24, 2.45) is 5.73 Å².